The van der Waals surface area contributed by atoms with Crippen LogP contribution in [0.4, 0.5) is 0 Å². The predicted octanol–water partition coefficient (Wildman–Crippen LogP) is 1.16. The Hall–Kier alpha value is -2.90. The van der Waals surface area contributed by atoms with E-state index in [9.17, 15) is 24.3 Å². The van der Waals surface area contributed by atoms with Crippen LogP contribution in [0.1, 0.15) is 31.1 Å². The van der Waals surface area contributed by atoms with Crippen LogP contribution in [0.5, 0.6) is 17.2 Å². The number of ether oxygens (including phenoxy) is 3. The summed E-state index contributed by atoms with van der Waals surface area (Å²) in [5.41, 5.74) is -0.598. The first-order valence-electron chi connectivity index (χ1n) is 5.68. The number of hydrogen-bond donors (Lipinski definition) is 1. The summed E-state index contributed by atoms with van der Waals surface area (Å²) in [4.78, 5) is 44.4. The maximum Gasteiger partial charge on any atom is 0.343 e. The average molecular weight is 296 g/mol. The molecule has 0 atom stereocenters. The number of carboxylic acid groups (broad SMARTS) is 1. The molecule has 0 aliphatic heterocycles. The van der Waals surface area contributed by atoms with E-state index in [0.29, 0.717) is 0 Å². The van der Waals surface area contributed by atoms with E-state index in [0.717, 1.165) is 32.9 Å². The van der Waals surface area contributed by atoms with Gasteiger partial charge in [0.1, 0.15) is 11.3 Å². The van der Waals surface area contributed by atoms with E-state index >= 15 is 0 Å². The van der Waals surface area contributed by atoms with Crippen molar-refractivity contribution in [3.8, 4) is 17.2 Å². The molecule has 0 radical (unpaired) electrons. The van der Waals surface area contributed by atoms with Gasteiger partial charge in [0.05, 0.1) is 0 Å². The zero-order valence-corrected chi connectivity index (χ0v) is 11.5. The molecule has 8 nitrogen and oxygen atoms in total. The molecule has 1 N–H and O–H groups in total. The van der Waals surface area contributed by atoms with Crippen LogP contribution in [-0.2, 0) is 14.4 Å². The largest absolute Gasteiger partial charge is 0.477 e. The van der Waals surface area contributed by atoms with Gasteiger partial charge in [0.15, 0.2) is 11.5 Å². The summed E-state index contributed by atoms with van der Waals surface area (Å²) < 4.78 is 14.3. The van der Waals surface area contributed by atoms with Crippen LogP contribution in [0, 0.1) is 0 Å². The molecule has 0 heterocycles. The molecule has 0 aromatic heterocycles. The summed E-state index contributed by atoms with van der Waals surface area (Å²) in [6, 6.07) is 2.28. The van der Waals surface area contributed by atoms with Gasteiger partial charge in [-0.05, 0) is 12.1 Å². The van der Waals surface area contributed by atoms with Gasteiger partial charge in [-0.15, -0.1) is 0 Å². The summed E-state index contributed by atoms with van der Waals surface area (Å²) >= 11 is 0. The lowest BCUT2D eigenvalue weighted by molar-refractivity contribution is -0.134. The highest BCUT2D eigenvalue weighted by molar-refractivity contribution is 5.97. The predicted molar refractivity (Wildman–Crippen MR) is 67.3 cm³/mol. The molecule has 1 aromatic rings. The Bertz CT molecular complexity index is 617. The third kappa shape index (κ3) is 4.30. The average Bonchev–Trinajstić information content (AvgIpc) is 2.30. The van der Waals surface area contributed by atoms with Gasteiger partial charge in [-0.3, -0.25) is 14.4 Å². The van der Waals surface area contributed by atoms with Gasteiger partial charge < -0.3 is 19.3 Å². The maximum atomic E-state index is 11.3. The van der Waals surface area contributed by atoms with Crippen LogP contribution in [0.15, 0.2) is 12.1 Å². The van der Waals surface area contributed by atoms with E-state index in [1.807, 2.05) is 0 Å². The van der Waals surface area contributed by atoms with Gasteiger partial charge >= 0.3 is 23.9 Å². The van der Waals surface area contributed by atoms with Crippen LogP contribution >= 0.6 is 0 Å². The van der Waals surface area contributed by atoms with E-state index in [-0.39, 0.29) is 11.5 Å². The van der Waals surface area contributed by atoms with Crippen molar-refractivity contribution in [3.63, 3.8) is 0 Å². The molecule has 0 amide bonds. The number of carbonyl (C=O) groups excluding carboxylic acids is 3. The van der Waals surface area contributed by atoms with Gasteiger partial charge in [-0.1, -0.05) is 0 Å². The van der Waals surface area contributed by atoms with Crippen LogP contribution in [0.25, 0.3) is 0 Å². The molecule has 0 spiro atoms. The maximum absolute atomic E-state index is 11.3. The van der Waals surface area contributed by atoms with Gasteiger partial charge in [0.25, 0.3) is 0 Å². The summed E-state index contributed by atoms with van der Waals surface area (Å²) in [6.07, 6.45) is 0. The van der Waals surface area contributed by atoms with Gasteiger partial charge in [0.2, 0.25) is 0 Å². The molecule has 0 bridgehead atoms. The van der Waals surface area contributed by atoms with Crippen molar-refractivity contribution >= 4 is 23.9 Å². The fraction of sp³-hybridized carbons (Fsp3) is 0.231. The molecule has 0 aliphatic rings. The number of rotatable bonds is 4. The van der Waals surface area contributed by atoms with E-state index < -0.39 is 35.2 Å². The normalized spacial score (nSPS) is 9.67. The third-order valence-electron chi connectivity index (χ3n) is 2.05. The molecular formula is C13H12O8. The Balaban J connectivity index is 3.52. The Morgan fingerprint density at radius 3 is 1.67 bits per heavy atom. The molecule has 8 heteroatoms. The van der Waals surface area contributed by atoms with Crippen molar-refractivity contribution in [1.29, 1.82) is 0 Å². The summed E-state index contributed by atoms with van der Waals surface area (Å²) in [7, 11) is 0. The summed E-state index contributed by atoms with van der Waals surface area (Å²) in [5.74, 6) is -4.95. The lowest BCUT2D eigenvalue weighted by Gasteiger charge is -2.14. The summed E-state index contributed by atoms with van der Waals surface area (Å²) in [6.45, 7) is 3.22. The molecule has 1 aromatic carbocycles. The standard InChI is InChI=1S/C13H12O8/c1-6(14)19-9-4-5-10(20-7(2)15)12(21-8(3)16)11(9)13(17)18/h4-5H,1-3H3,(H,17,18). The Morgan fingerprint density at radius 1 is 0.810 bits per heavy atom. The highest BCUT2D eigenvalue weighted by Crippen LogP contribution is 2.38. The fourth-order valence-electron chi connectivity index (χ4n) is 1.47. The van der Waals surface area contributed by atoms with Gasteiger partial charge in [-0.2, -0.15) is 0 Å². The van der Waals surface area contributed by atoms with E-state index in [4.69, 9.17) is 14.2 Å². The SMILES string of the molecule is CC(=O)Oc1ccc(OC(C)=O)c(C(=O)O)c1OC(C)=O. The molecule has 0 saturated heterocycles. The Labute approximate surface area is 119 Å². The van der Waals surface area contributed by atoms with E-state index in [1.165, 1.54) is 0 Å². The molecule has 0 saturated carbocycles. The van der Waals surface area contributed by atoms with Gasteiger partial charge in [0, 0.05) is 20.8 Å². The third-order valence-corrected chi connectivity index (χ3v) is 2.05. The van der Waals surface area contributed by atoms with Gasteiger partial charge in [-0.25, -0.2) is 4.79 Å². The first kappa shape index (κ1) is 16.2. The van der Waals surface area contributed by atoms with Crippen LogP contribution in [0.2, 0.25) is 0 Å². The summed E-state index contributed by atoms with van der Waals surface area (Å²) in [5, 5.41) is 9.21. The Kier molecular flexibility index (Phi) is 5.01. The minimum absolute atomic E-state index is 0.272. The zero-order chi connectivity index (χ0) is 16.2. The van der Waals surface area contributed by atoms with Crippen molar-refractivity contribution < 1.29 is 38.5 Å². The molecular weight excluding hydrogens is 284 g/mol. The first-order valence-corrected chi connectivity index (χ1v) is 5.68. The lowest BCUT2D eigenvalue weighted by atomic mass is 10.1. The van der Waals surface area contributed by atoms with Crippen molar-refractivity contribution in [1.82, 2.24) is 0 Å². The van der Waals surface area contributed by atoms with E-state index in [1.54, 1.807) is 0 Å². The van der Waals surface area contributed by atoms with Crippen molar-refractivity contribution in [2.45, 2.75) is 20.8 Å². The quantitative estimate of drug-likeness (QED) is 0.650. The highest BCUT2D eigenvalue weighted by Gasteiger charge is 2.25. The van der Waals surface area contributed by atoms with Crippen LogP contribution in [-0.4, -0.2) is 29.0 Å². The first-order chi connectivity index (χ1) is 9.72. The number of aromatic carboxylic acids is 1. The monoisotopic (exact) mass is 296 g/mol. The van der Waals surface area contributed by atoms with Crippen LogP contribution in [0.3, 0.4) is 0 Å². The number of carboxylic acids is 1. The van der Waals surface area contributed by atoms with Crippen molar-refractivity contribution in [3.05, 3.63) is 17.7 Å². The molecule has 0 fully saturated rings. The molecule has 1 rings (SSSR count). The molecule has 0 unspecified atom stereocenters. The van der Waals surface area contributed by atoms with Crippen molar-refractivity contribution in [2.75, 3.05) is 0 Å². The smallest absolute Gasteiger partial charge is 0.343 e. The number of hydrogen-bond acceptors (Lipinski definition) is 7. The minimum Gasteiger partial charge on any atom is -0.477 e. The molecule has 0 aliphatic carbocycles. The lowest BCUT2D eigenvalue weighted by Crippen LogP contribution is -2.14. The number of esters is 3. The molecule has 21 heavy (non-hydrogen) atoms. The Morgan fingerprint density at radius 2 is 1.24 bits per heavy atom. The zero-order valence-electron chi connectivity index (χ0n) is 11.5. The number of carbonyl (C=O) groups is 4. The minimum atomic E-state index is -1.52. The fourth-order valence-corrected chi connectivity index (χ4v) is 1.47. The second-order valence-corrected chi connectivity index (χ2v) is 3.85. The number of benzene rings is 1. The van der Waals surface area contributed by atoms with Crippen molar-refractivity contribution in [2.24, 2.45) is 0 Å². The highest BCUT2D eigenvalue weighted by atomic mass is 16.6. The topological polar surface area (TPSA) is 116 Å². The van der Waals surface area contributed by atoms with Crippen LogP contribution < -0.4 is 14.2 Å². The second-order valence-electron chi connectivity index (χ2n) is 3.85. The molecule has 112 valence electrons. The van der Waals surface area contributed by atoms with E-state index in [2.05, 4.69) is 0 Å². The second kappa shape index (κ2) is 6.51.